The van der Waals surface area contributed by atoms with Crippen molar-refractivity contribution in [2.75, 3.05) is 26.4 Å². The summed E-state index contributed by atoms with van der Waals surface area (Å²) in [5, 5.41) is 11.9. The van der Waals surface area contributed by atoms with Crippen molar-refractivity contribution in [3.63, 3.8) is 0 Å². The molecular weight excluding hydrogens is 274 g/mol. The first kappa shape index (κ1) is 17.2. The highest BCUT2D eigenvalue weighted by atomic mass is 35.5. The largest absolute Gasteiger partial charge is 0.345 e. The zero-order chi connectivity index (χ0) is 12.8. The Kier molecular flexibility index (Phi) is 7.97. The molecule has 1 rings (SSSR count). The van der Waals surface area contributed by atoms with Gasteiger partial charge in [0.15, 0.2) is 5.16 Å². The average Bonchev–Trinajstić information content (AvgIpc) is 2.67. The molecule has 0 aliphatic heterocycles. The third-order valence-corrected chi connectivity index (χ3v) is 3.49. The maximum Gasteiger partial charge on any atom is 0.232 e. The summed E-state index contributed by atoms with van der Waals surface area (Å²) >= 11 is 1.42. The minimum Gasteiger partial charge on any atom is -0.345 e. The van der Waals surface area contributed by atoms with E-state index in [1.807, 2.05) is 25.6 Å². The zero-order valence-corrected chi connectivity index (χ0v) is 12.8. The van der Waals surface area contributed by atoms with Crippen LogP contribution >= 0.6 is 24.2 Å². The molecule has 1 heterocycles. The monoisotopic (exact) mass is 293 g/mol. The van der Waals surface area contributed by atoms with Crippen LogP contribution in [0, 0.1) is 0 Å². The molecule has 0 atom stereocenters. The number of hydrogen-bond donors (Lipinski definition) is 1. The maximum atomic E-state index is 11.6. The Morgan fingerprint density at radius 2 is 2.17 bits per heavy atom. The van der Waals surface area contributed by atoms with Crippen LogP contribution < -0.4 is 5.32 Å². The summed E-state index contributed by atoms with van der Waals surface area (Å²) in [5.74, 6) is 1.37. The van der Waals surface area contributed by atoms with Gasteiger partial charge in [0.1, 0.15) is 5.82 Å². The van der Waals surface area contributed by atoms with Crippen molar-refractivity contribution in [2.24, 2.45) is 7.05 Å². The van der Waals surface area contributed by atoms with Gasteiger partial charge in [0.05, 0.1) is 12.3 Å². The Balaban J connectivity index is 0.00000289. The maximum absolute atomic E-state index is 11.6. The topological polar surface area (TPSA) is 63.1 Å². The van der Waals surface area contributed by atoms with Gasteiger partial charge in [0.2, 0.25) is 5.91 Å². The Hall–Kier alpha value is -0.790. The van der Waals surface area contributed by atoms with E-state index >= 15 is 0 Å². The fourth-order valence-corrected chi connectivity index (χ4v) is 2.07. The standard InChI is InChI=1S/C10H19N5OS.ClH/c1-5-14(3)9(16)7-17-10-13-12-8(6-11-2)15(10)4;/h11H,5-7H2,1-4H3;1H. The summed E-state index contributed by atoms with van der Waals surface area (Å²) in [6.07, 6.45) is 0. The van der Waals surface area contributed by atoms with Gasteiger partial charge in [-0.25, -0.2) is 0 Å². The first-order valence-corrected chi connectivity index (χ1v) is 6.48. The van der Waals surface area contributed by atoms with Gasteiger partial charge >= 0.3 is 0 Å². The molecule has 1 aromatic heterocycles. The van der Waals surface area contributed by atoms with Gasteiger partial charge < -0.3 is 14.8 Å². The summed E-state index contributed by atoms with van der Waals surface area (Å²) in [7, 11) is 5.57. The van der Waals surface area contributed by atoms with Crippen LogP contribution in [0.15, 0.2) is 5.16 Å². The highest BCUT2D eigenvalue weighted by molar-refractivity contribution is 7.99. The second-order valence-electron chi connectivity index (χ2n) is 3.68. The van der Waals surface area contributed by atoms with E-state index in [-0.39, 0.29) is 18.3 Å². The highest BCUT2D eigenvalue weighted by Crippen LogP contribution is 2.15. The molecular formula is C10H20ClN5OS. The van der Waals surface area contributed by atoms with Crippen LogP contribution in [0.25, 0.3) is 0 Å². The van der Waals surface area contributed by atoms with E-state index in [4.69, 9.17) is 0 Å². The third kappa shape index (κ3) is 4.47. The normalized spacial score (nSPS) is 10.0. The fourth-order valence-electron chi connectivity index (χ4n) is 1.20. The first-order valence-electron chi connectivity index (χ1n) is 5.49. The Morgan fingerprint density at radius 3 is 2.72 bits per heavy atom. The van der Waals surface area contributed by atoms with Gasteiger partial charge in [-0.15, -0.1) is 22.6 Å². The quantitative estimate of drug-likeness (QED) is 0.775. The van der Waals surface area contributed by atoms with Crippen molar-refractivity contribution in [3.8, 4) is 0 Å². The van der Waals surface area contributed by atoms with Crippen LogP contribution in [0.2, 0.25) is 0 Å². The van der Waals surface area contributed by atoms with Crippen molar-refractivity contribution >= 4 is 30.1 Å². The number of carbonyl (C=O) groups excluding carboxylic acids is 1. The lowest BCUT2D eigenvalue weighted by Crippen LogP contribution is -2.27. The van der Waals surface area contributed by atoms with E-state index in [0.29, 0.717) is 12.3 Å². The molecule has 0 spiro atoms. The van der Waals surface area contributed by atoms with Gasteiger partial charge in [-0.3, -0.25) is 4.79 Å². The molecule has 0 saturated heterocycles. The van der Waals surface area contributed by atoms with Crippen molar-refractivity contribution in [2.45, 2.75) is 18.6 Å². The van der Waals surface area contributed by atoms with Crippen LogP contribution in [-0.4, -0.2) is 52.0 Å². The van der Waals surface area contributed by atoms with Crippen LogP contribution in [0.1, 0.15) is 12.7 Å². The van der Waals surface area contributed by atoms with Crippen molar-refractivity contribution in [1.82, 2.24) is 25.0 Å². The first-order chi connectivity index (χ1) is 8.10. The van der Waals surface area contributed by atoms with Crippen molar-refractivity contribution in [3.05, 3.63) is 5.82 Å². The molecule has 1 N–H and O–H groups in total. The van der Waals surface area contributed by atoms with Crippen LogP contribution in [0.3, 0.4) is 0 Å². The number of nitrogens with one attached hydrogen (secondary N) is 1. The van der Waals surface area contributed by atoms with Crippen molar-refractivity contribution < 1.29 is 4.79 Å². The fraction of sp³-hybridized carbons (Fsp3) is 0.700. The molecule has 0 saturated carbocycles. The number of aromatic nitrogens is 3. The van der Waals surface area contributed by atoms with E-state index in [1.165, 1.54) is 11.8 Å². The molecule has 0 bridgehead atoms. The summed E-state index contributed by atoms with van der Waals surface area (Å²) in [5.41, 5.74) is 0. The summed E-state index contributed by atoms with van der Waals surface area (Å²) in [6.45, 7) is 3.35. The molecule has 1 amide bonds. The predicted molar refractivity (Wildman–Crippen MR) is 75.0 cm³/mol. The number of carbonyl (C=O) groups is 1. The van der Waals surface area contributed by atoms with Gasteiger partial charge in [0.25, 0.3) is 0 Å². The summed E-state index contributed by atoms with van der Waals surface area (Å²) in [6, 6.07) is 0. The van der Waals surface area contributed by atoms with E-state index in [0.717, 1.165) is 17.5 Å². The summed E-state index contributed by atoms with van der Waals surface area (Å²) < 4.78 is 1.90. The van der Waals surface area contributed by atoms with E-state index in [1.54, 1.807) is 11.9 Å². The molecule has 0 aliphatic carbocycles. The second-order valence-corrected chi connectivity index (χ2v) is 4.63. The number of thioether (sulfide) groups is 1. The van der Waals surface area contributed by atoms with Crippen LogP contribution in [0.5, 0.6) is 0 Å². The Bertz CT molecular complexity index is 384. The molecule has 104 valence electrons. The number of halogens is 1. The second kappa shape index (κ2) is 8.34. The minimum atomic E-state index is 0. The predicted octanol–water partition coefficient (Wildman–Crippen LogP) is 0.527. The van der Waals surface area contributed by atoms with Crippen molar-refractivity contribution in [1.29, 1.82) is 0 Å². The average molecular weight is 294 g/mol. The molecule has 0 unspecified atom stereocenters. The highest BCUT2D eigenvalue weighted by Gasteiger charge is 2.12. The molecule has 8 heteroatoms. The van der Waals surface area contributed by atoms with Crippen LogP contribution in [0.4, 0.5) is 0 Å². The van der Waals surface area contributed by atoms with Gasteiger partial charge in [-0.2, -0.15) is 0 Å². The SMILES string of the molecule is CCN(C)C(=O)CSc1nnc(CNC)n1C.Cl. The molecule has 0 fully saturated rings. The zero-order valence-electron chi connectivity index (χ0n) is 11.1. The third-order valence-electron chi connectivity index (χ3n) is 2.48. The Labute approximate surface area is 118 Å². The molecule has 6 nitrogen and oxygen atoms in total. The number of rotatable bonds is 6. The lowest BCUT2D eigenvalue weighted by atomic mass is 10.5. The number of hydrogen-bond acceptors (Lipinski definition) is 5. The van der Waals surface area contributed by atoms with E-state index in [2.05, 4.69) is 15.5 Å². The summed E-state index contributed by atoms with van der Waals surface area (Å²) in [4.78, 5) is 13.3. The van der Waals surface area contributed by atoms with Crippen LogP contribution in [-0.2, 0) is 18.4 Å². The van der Waals surface area contributed by atoms with Gasteiger partial charge in [-0.1, -0.05) is 11.8 Å². The molecule has 18 heavy (non-hydrogen) atoms. The number of nitrogens with zero attached hydrogens (tertiary/aromatic N) is 4. The lowest BCUT2D eigenvalue weighted by molar-refractivity contribution is -0.126. The number of amides is 1. The lowest BCUT2D eigenvalue weighted by Gasteiger charge is -2.13. The minimum absolute atomic E-state index is 0. The van der Waals surface area contributed by atoms with E-state index < -0.39 is 0 Å². The van der Waals surface area contributed by atoms with Gasteiger partial charge in [0, 0.05) is 20.6 Å². The molecule has 1 aromatic rings. The molecule has 0 aromatic carbocycles. The van der Waals surface area contributed by atoms with E-state index in [9.17, 15) is 4.79 Å². The molecule has 0 aliphatic rings. The van der Waals surface area contributed by atoms with Gasteiger partial charge in [-0.05, 0) is 14.0 Å². The Morgan fingerprint density at radius 1 is 1.50 bits per heavy atom. The smallest absolute Gasteiger partial charge is 0.232 e. The molecule has 0 radical (unpaired) electrons.